The zero-order valence-electron chi connectivity index (χ0n) is 11.9. The molecular weight excluding hydrogens is 308 g/mol. The fourth-order valence-corrected chi connectivity index (χ4v) is 2.49. The van der Waals surface area contributed by atoms with Crippen LogP contribution >= 0.6 is 15.9 Å². The number of carbonyl (C=O) groups excluding carboxylic acids is 1. The predicted octanol–water partition coefficient (Wildman–Crippen LogP) is 1.61. The molecule has 1 aromatic rings. The Balaban J connectivity index is 2.70. The molecule has 0 aliphatic rings. The van der Waals surface area contributed by atoms with Gasteiger partial charge in [0.15, 0.2) is 6.04 Å². The van der Waals surface area contributed by atoms with Crippen molar-refractivity contribution in [3.05, 3.63) is 28.2 Å². The van der Waals surface area contributed by atoms with Crippen molar-refractivity contribution in [2.75, 3.05) is 13.7 Å². The van der Waals surface area contributed by atoms with Crippen molar-refractivity contribution in [1.82, 2.24) is 5.32 Å². The van der Waals surface area contributed by atoms with Crippen molar-refractivity contribution in [3.8, 4) is 5.75 Å². The highest BCUT2D eigenvalue weighted by atomic mass is 79.9. The maximum Gasteiger partial charge on any atom is 0.277 e. The van der Waals surface area contributed by atoms with Gasteiger partial charge in [-0.05, 0) is 54.9 Å². The molecule has 4 nitrogen and oxygen atoms in total. The molecule has 0 radical (unpaired) electrons. The first kappa shape index (κ1) is 16.0. The molecule has 2 atom stereocenters. The summed E-state index contributed by atoms with van der Waals surface area (Å²) < 4.78 is 6.14. The molecular formula is C14H22BrN2O2+. The van der Waals surface area contributed by atoms with Crippen LogP contribution in [0.15, 0.2) is 22.7 Å². The third kappa shape index (κ3) is 4.51. The minimum absolute atomic E-state index is 0.0712. The summed E-state index contributed by atoms with van der Waals surface area (Å²) in [5, 5.41) is 4.89. The first-order valence-electron chi connectivity index (χ1n) is 6.45. The Bertz CT molecular complexity index is 437. The van der Waals surface area contributed by atoms with Crippen molar-refractivity contribution in [1.29, 1.82) is 0 Å². The van der Waals surface area contributed by atoms with Crippen molar-refractivity contribution < 1.29 is 14.8 Å². The molecule has 1 rings (SSSR count). The van der Waals surface area contributed by atoms with Crippen LogP contribution in [-0.4, -0.2) is 25.6 Å². The largest absolute Gasteiger partial charge is 0.496 e. The number of benzene rings is 1. The van der Waals surface area contributed by atoms with Gasteiger partial charge in [-0.3, -0.25) is 4.79 Å². The quantitative estimate of drug-likeness (QED) is 0.833. The monoisotopic (exact) mass is 329 g/mol. The van der Waals surface area contributed by atoms with E-state index in [4.69, 9.17) is 4.74 Å². The van der Waals surface area contributed by atoms with Crippen LogP contribution in [0.1, 0.15) is 32.4 Å². The lowest BCUT2D eigenvalue weighted by Crippen LogP contribution is -2.92. The van der Waals surface area contributed by atoms with Gasteiger partial charge in [0, 0.05) is 12.1 Å². The molecule has 5 heteroatoms. The van der Waals surface area contributed by atoms with E-state index in [0.717, 1.165) is 15.8 Å². The number of quaternary nitrogens is 1. The highest BCUT2D eigenvalue weighted by Crippen LogP contribution is 2.27. The molecule has 0 unspecified atom stereocenters. The molecule has 19 heavy (non-hydrogen) atoms. The van der Waals surface area contributed by atoms with Crippen molar-refractivity contribution in [3.63, 3.8) is 0 Å². The molecule has 0 aliphatic heterocycles. The number of likely N-dealkylation sites (N-methyl/N-ethyl adjacent to an activating group) is 1. The first-order chi connectivity index (χ1) is 8.99. The third-order valence-electron chi connectivity index (χ3n) is 3.04. The Morgan fingerprint density at radius 2 is 2.16 bits per heavy atom. The van der Waals surface area contributed by atoms with Gasteiger partial charge < -0.3 is 15.4 Å². The van der Waals surface area contributed by atoms with Gasteiger partial charge in [0.25, 0.3) is 5.91 Å². The minimum Gasteiger partial charge on any atom is -0.496 e. The van der Waals surface area contributed by atoms with E-state index < -0.39 is 0 Å². The van der Waals surface area contributed by atoms with Crippen LogP contribution in [0.3, 0.4) is 0 Å². The molecule has 0 aromatic heterocycles. The highest BCUT2D eigenvalue weighted by molar-refractivity contribution is 9.10. The number of methoxy groups -OCH3 is 1. The van der Waals surface area contributed by atoms with Crippen molar-refractivity contribution >= 4 is 21.8 Å². The zero-order valence-corrected chi connectivity index (χ0v) is 13.5. The normalized spacial score (nSPS) is 13.7. The van der Waals surface area contributed by atoms with Crippen molar-refractivity contribution in [2.45, 2.75) is 32.9 Å². The molecule has 0 spiro atoms. The van der Waals surface area contributed by atoms with Crippen LogP contribution in [0, 0.1) is 0 Å². The van der Waals surface area contributed by atoms with Crippen LogP contribution in [0.4, 0.5) is 0 Å². The number of amides is 1. The number of nitrogens with two attached hydrogens (primary N) is 1. The Labute approximate surface area is 123 Å². The van der Waals surface area contributed by atoms with Gasteiger partial charge >= 0.3 is 0 Å². The summed E-state index contributed by atoms with van der Waals surface area (Å²) in [6.45, 7) is 6.60. The molecule has 3 N–H and O–H groups in total. The number of hydrogen-bond donors (Lipinski definition) is 2. The topological polar surface area (TPSA) is 54.9 Å². The number of rotatable bonds is 6. The summed E-state index contributed by atoms with van der Waals surface area (Å²) in [5.41, 5.74) is 1.16. The summed E-state index contributed by atoms with van der Waals surface area (Å²) in [6.07, 6.45) is 0. The fourth-order valence-electron chi connectivity index (χ4n) is 1.93. The van der Waals surface area contributed by atoms with E-state index in [1.807, 2.05) is 32.0 Å². The first-order valence-corrected chi connectivity index (χ1v) is 7.25. The lowest BCUT2D eigenvalue weighted by Gasteiger charge is -2.17. The summed E-state index contributed by atoms with van der Waals surface area (Å²) in [5.74, 6) is 0.884. The fraction of sp³-hybridized carbons (Fsp3) is 0.500. The molecule has 1 aromatic carbocycles. The standard InChI is InChI=1S/C14H21BrN2O2/c1-5-16-14(18)10(3)17-9(2)11-6-7-13(19-4)12(15)8-11/h6-10,17H,5H2,1-4H3,(H,16,18)/p+1/t9-,10-/m1/s1. The Morgan fingerprint density at radius 1 is 1.47 bits per heavy atom. The Kier molecular flexibility index (Phi) is 6.31. The van der Waals surface area contributed by atoms with Crippen LogP contribution in [0.25, 0.3) is 0 Å². The average Bonchev–Trinajstić information content (AvgIpc) is 2.38. The van der Waals surface area contributed by atoms with Gasteiger partial charge in [-0.15, -0.1) is 0 Å². The predicted molar refractivity (Wildman–Crippen MR) is 79.2 cm³/mol. The number of hydrogen-bond acceptors (Lipinski definition) is 2. The second-order valence-corrected chi connectivity index (χ2v) is 5.41. The second-order valence-electron chi connectivity index (χ2n) is 4.56. The third-order valence-corrected chi connectivity index (χ3v) is 3.66. The minimum atomic E-state index is -0.101. The smallest absolute Gasteiger partial charge is 0.277 e. The van der Waals surface area contributed by atoms with Crippen LogP contribution in [0.5, 0.6) is 5.75 Å². The van der Waals surface area contributed by atoms with Crippen LogP contribution in [-0.2, 0) is 4.79 Å². The molecule has 0 fully saturated rings. The van der Waals surface area contributed by atoms with Gasteiger partial charge in [-0.2, -0.15) is 0 Å². The number of halogens is 1. The van der Waals surface area contributed by atoms with E-state index in [1.165, 1.54) is 0 Å². The summed E-state index contributed by atoms with van der Waals surface area (Å²) in [7, 11) is 1.65. The Hall–Kier alpha value is -1.07. The molecule has 106 valence electrons. The van der Waals surface area contributed by atoms with Crippen molar-refractivity contribution in [2.24, 2.45) is 0 Å². The van der Waals surface area contributed by atoms with Gasteiger partial charge in [0.1, 0.15) is 11.8 Å². The van der Waals surface area contributed by atoms with E-state index in [9.17, 15) is 4.79 Å². The van der Waals surface area contributed by atoms with Crippen LogP contribution in [0.2, 0.25) is 0 Å². The van der Waals surface area contributed by atoms with E-state index >= 15 is 0 Å². The van der Waals surface area contributed by atoms with Gasteiger partial charge in [-0.1, -0.05) is 0 Å². The molecule has 1 amide bonds. The highest BCUT2D eigenvalue weighted by Gasteiger charge is 2.20. The summed E-state index contributed by atoms with van der Waals surface area (Å²) in [6, 6.07) is 6.09. The maximum atomic E-state index is 11.7. The number of ether oxygens (including phenoxy) is 1. The van der Waals surface area contributed by atoms with Crippen LogP contribution < -0.4 is 15.4 Å². The Morgan fingerprint density at radius 3 is 2.68 bits per heavy atom. The van der Waals surface area contributed by atoms with E-state index in [2.05, 4.69) is 33.5 Å². The number of carbonyl (C=O) groups is 1. The van der Waals surface area contributed by atoms with Gasteiger partial charge in [0.2, 0.25) is 0 Å². The molecule has 0 aliphatic carbocycles. The summed E-state index contributed by atoms with van der Waals surface area (Å²) >= 11 is 3.48. The lowest BCUT2D eigenvalue weighted by atomic mass is 10.1. The van der Waals surface area contributed by atoms with E-state index in [1.54, 1.807) is 7.11 Å². The summed E-state index contributed by atoms with van der Waals surface area (Å²) in [4.78, 5) is 11.7. The zero-order chi connectivity index (χ0) is 14.4. The SMILES string of the molecule is CCNC(=O)[C@@H](C)[NH2+][C@H](C)c1ccc(OC)c(Br)c1. The van der Waals surface area contributed by atoms with Gasteiger partial charge in [-0.25, -0.2) is 0 Å². The van der Waals surface area contributed by atoms with E-state index in [-0.39, 0.29) is 18.0 Å². The second kappa shape index (κ2) is 7.50. The average molecular weight is 330 g/mol. The molecule has 0 saturated heterocycles. The lowest BCUT2D eigenvalue weighted by molar-refractivity contribution is -0.710. The maximum absolute atomic E-state index is 11.7. The van der Waals surface area contributed by atoms with E-state index in [0.29, 0.717) is 6.54 Å². The molecule has 0 saturated carbocycles. The molecule has 0 heterocycles. The number of nitrogens with one attached hydrogen (secondary N) is 1. The van der Waals surface area contributed by atoms with Gasteiger partial charge in [0.05, 0.1) is 11.6 Å². The molecule has 0 bridgehead atoms.